The molecule has 94 valence electrons. The van der Waals surface area contributed by atoms with Crippen LogP contribution in [0.3, 0.4) is 0 Å². The third kappa shape index (κ3) is 4.40. The fraction of sp³-hybridized carbons (Fsp3) is 0.500. The molecular weight excluding hydrogens is 216 g/mol. The van der Waals surface area contributed by atoms with Gasteiger partial charge in [-0.25, -0.2) is 4.98 Å². The van der Waals surface area contributed by atoms with E-state index in [1.165, 1.54) is 0 Å². The average molecular weight is 236 g/mol. The van der Waals surface area contributed by atoms with Crippen LogP contribution >= 0.6 is 0 Å². The number of ether oxygens (including phenoxy) is 1. The molecule has 0 saturated heterocycles. The van der Waals surface area contributed by atoms with E-state index in [1.54, 1.807) is 18.3 Å². The minimum Gasteiger partial charge on any atom is -0.384 e. The number of rotatable bonds is 6. The van der Waals surface area contributed by atoms with Crippen LogP contribution in [-0.4, -0.2) is 37.1 Å². The fourth-order valence-corrected chi connectivity index (χ4v) is 1.33. The van der Waals surface area contributed by atoms with Crippen molar-refractivity contribution in [1.29, 1.82) is 5.41 Å². The van der Waals surface area contributed by atoms with E-state index >= 15 is 0 Å². The van der Waals surface area contributed by atoms with Crippen LogP contribution in [0.25, 0.3) is 0 Å². The number of hydrogen-bond donors (Lipinski definition) is 2. The molecule has 0 aromatic carbocycles. The number of hydrogen-bond acceptors (Lipinski definition) is 4. The molecule has 3 N–H and O–H groups in total. The Morgan fingerprint density at radius 2 is 2.29 bits per heavy atom. The highest BCUT2D eigenvalue weighted by Gasteiger charge is 2.05. The Balaban J connectivity index is 2.59. The Morgan fingerprint density at radius 1 is 1.59 bits per heavy atom. The molecule has 1 aromatic rings. The normalized spacial score (nSPS) is 10.6. The minimum absolute atomic E-state index is 0.0560. The summed E-state index contributed by atoms with van der Waals surface area (Å²) in [6.07, 6.45) is 1.89. The van der Waals surface area contributed by atoms with Crippen molar-refractivity contribution in [2.45, 2.75) is 20.0 Å². The number of anilines is 1. The topological polar surface area (TPSA) is 75.2 Å². The molecule has 0 aliphatic heterocycles. The third-order valence-electron chi connectivity index (χ3n) is 2.33. The number of pyridine rings is 1. The second-order valence-electron chi connectivity index (χ2n) is 4.16. The summed E-state index contributed by atoms with van der Waals surface area (Å²) < 4.78 is 5.48. The first-order valence-electron chi connectivity index (χ1n) is 5.64. The molecule has 1 rings (SSSR count). The molecule has 0 aliphatic carbocycles. The maximum Gasteiger partial charge on any atom is 0.129 e. The summed E-state index contributed by atoms with van der Waals surface area (Å²) in [7, 11) is 1.94. The Morgan fingerprint density at radius 3 is 2.88 bits per heavy atom. The molecule has 1 heterocycles. The van der Waals surface area contributed by atoms with E-state index in [1.807, 2.05) is 25.8 Å². The van der Waals surface area contributed by atoms with Gasteiger partial charge >= 0.3 is 0 Å². The van der Waals surface area contributed by atoms with Crippen LogP contribution in [-0.2, 0) is 4.74 Å². The standard InChI is InChI=1S/C12H20N4O/c1-9(2)17-7-6-16(3)11-8-10(12(13)14)4-5-15-11/h4-5,8-9H,6-7H2,1-3H3,(H3,13,14). The zero-order chi connectivity index (χ0) is 12.8. The zero-order valence-electron chi connectivity index (χ0n) is 10.6. The molecule has 0 fully saturated rings. The second-order valence-corrected chi connectivity index (χ2v) is 4.16. The van der Waals surface area contributed by atoms with Gasteiger partial charge in [0, 0.05) is 25.4 Å². The summed E-state index contributed by atoms with van der Waals surface area (Å²) in [5, 5.41) is 7.37. The molecule has 0 spiro atoms. The molecule has 0 saturated carbocycles. The molecule has 0 radical (unpaired) electrons. The number of likely N-dealkylation sites (N-methyl/N-ethyl adjacent to an activating group) is 1. The molecule has 0 unspecified atom stereocenters. The molecule has 0 aliphatic rings. The maximum absolute atomic E-state index is 7.37. The van der Waals surface area contributed by atoms with Crippen molar-refractivity contribution in [2.75, 3.05) is 25.1 Å². The lowest BCUT2D eigenvalue weighted by Crippen LogP contribution is -2.25. The molecule has 5 nitrogen and oxygen atoms in total. The van der Waals surface area contributed by atoms with Crippen molar-refractivity contribution >= 4 is 11.7 Å². The summed E-state index contributed by atoms with van der Waals surface area (Å²) in [5.74, 6) is 0.852. The van der Waals surface area contributed by atoms with Crippen LogP contribution in [0.1, 0.15) is 19.4 Å². The molecule has 5 heteroatoms. The fourth-order valence-electron chi connectivity index (χ4n) is 1.33. The second kappa shape index (κ2) is 6.20. The first-order chi connectivity index (χ1) is 8.00. The average Bonchev–Trinajstić information content (AvgIpc) is 2.28. The summed E-state index contributed by atoms with van der Waals surface area (Å²) in [6.45, 7) is 5.43. The minimum atomic E-state index is 0.0560. The predicted octanol–water partition coefficient (Wildman–Crippen LogP) is 1.23. The van der Waals surface area contributed by atoms with Crippen molar-refractivity contribution in [3.63, 3.8) is 0 Å². The third-order valence-corrected chi connectivity index (χ3v) is 2.33. The number of nitrogens with two attached hydrogens (primary N) is 1. The lowest BCUT2D eigenvalue weighted by molar-refractivity contribution is 0.0845. The lowest BCUT2D eigenvalue weighted by Gasteiger charge is -2.19. The van der Waals surface area contributed by atoms with E-state index in [9.17, 15) is 0 Å². The molecule has 0 amide bonds. The van der Waals surface area contributed by atoms with E-state index in [-0.39, 0.29) is 11.9 Å². The van der Waals surface area contributed by atoms with Crippen LogP contribution in [0, 0.1) is 5.41 Å². The highest BCUT2D eigenvalue weighted by atomic mass is 16.5. The maximum atomic E-state index is 7.37. The molecular formula is C12H20N4O. The molecule has 0 bridgehead atoms. The van der Waals surface area contributed by atoms with Gasteiger partial charge in [-0.3, -0.25) is 5.41 Å². The summed E-state index contributed by atoms with van der Waals surface area (Å²) >= 11 is 0. The van der Waals surface area contributed by atoms with Gasteiger partial charge in [0.2, 0.25) is 0 Å². The van der Waals surface area contributed by atoms with Crippen LogP contribution in [0.15, 0.2) is 18.3 Å². The highest BCUT2D eigenvalue weighted by Crippen LogP contribution is 2.10. The van der Waals surface area contributed by atoms with Gasteiger partial charge in [-0.05, 0) is 26.0 Å². The van der Waals surface area contributed by atoms with Crippen LogP contribution in [0.4, 0.5) is 5.82 Å². The first kappa shape index (κ1) is 13.4. The number of aromatic nitrogens is 1. The zero-order valence-corrected chi connectivity index (χ0v) is 10.6. The van der Waals surface area contributed by atoms with Gasteiger partial charge in [0.1, 0.15) is 11.7 Å². The molecule has 17 heavy (non-hydrogen) atoms. The number of nitrogens with zero attached hydrogens (tertiary/aromatic N) is 2. The van der Waals surface area contributed by atoms with Gasteiger partial charge in [0.05, 0.1) is 12.7 Å². The smallest absolute Gasteiger partial charge is 0.129 e. The van der Waals surface area contributed by atoms with Gasteiger partial charge in [-0.15, -0.1) is 0 Å². The van der Waals surface area contributed by atoms with E-state index in [0.717, 1.165) is 12.4 Å². The van der Waals surface area contributed by atoms with Crippen molar-refractivity contribution in [3.8, 4) is 0 Å². The lowest BCUT2D eigenvalue weighted by atomic mass is 10.2. The van der Waals surface area contributed by atoms with Crippen LogP contribution < -0.4 is 10.6 Å². The van der Waals surface area contributed by atoms with E-state index in [4.69, 9.17) is 15.9 Å². The van der Waals surface area contributed by atoms with E-state index in [0.29, 0.717) is 12.2 Å². The Bertz CT molecular complexity index is 379. The van der Waals surface area contributed by atoms with E-state index < -0.39 is 0 Å². The van der Waals surface area contributed by atoms with Gasteiger partial charge in [-0.2, -0.15) is 0 Å². The first-order valence-corrected chi connectivity index (χ1v) is 5.64. The number of nitrogen functional groups attached to an aromatic ring is 1. The SMILES string of the molecule is CC(C)OCCN(C)c1cc(C(=N)N)ccn1. The Labute approximate surface area is 102 Å². The summed E-state index contributed by atoms with van der Waals surface area (Å²) in [4.78, 5) is 6.22. The predicted molar refractivity (Wildman–Crippen MR) is 69.6 cm³/mol. The van der Waals surface area contributed by atoms with Gasteiger partial charge in [0.25, 0.3) is 0 Å². The summed E-state index contributed by atoms with van der Waals surface area (Å²) in [6, 6.07) is 3.53. The largest absolute Gasteiger partial charge is 0.384 e. The quantitative estimate of drug-likeness (QED) is 0.575. The van der Waals surface area contributed by atoms with Crippen LogP contribution in [0.5, 0.6) is 0 Å². The highest BCUT2D eigenvalue weighted by molar-refractivity contribution is 5.95. The van der Waals surface area contributed by atoms with Crippen molar-refractivity contribution < 1.29 is 4.74 Å². The molecule has 0 atom stereocenters. The van der Waals surface area contributed by atoms with Gasteiger partial charge in [-0.1, -0.05) is 0 Å². The monoisotopic (exact) mass is 236 g/mol. The van der Waals surface area contributed by atoms with Crippen molar-refractivity contribution in [3.05, 3.63) is 23.9 Å². The number of amidine groups is 1. The Hall–Kier alpha value is -1.62. The Kier molecular flexibility index (Phi) is 4.90. The molecule has 1 aromatic heterocycles. The number of nitrogens with one attached hydrogen (secondary N) is 1. The van der Waals surface area contributed by atoms with Crippen molar-refractivity contribution in [2.24, 2.45) is 5.73 Å². The summed E-state index contributed by atoms with van der Waals surface area (Å²) in [5.41, 5.74) is 6.12. The van der Waals surface area contributed by atoms with Crippen molar-refractivity contribution in [1.82, 2.24) is 4.98 Å². The van der Waals surface area contributed by atoms with Gasteiger partial charge < -0.3 is 15.4 Å². The van der Waals surface area contributed by atoms with Gasteiger partial charge in [0.15, 0.2) is 0 Å². The van der Waals surface area contributed by atoms with Crippen LogP contribution in [0.2, 0.25) is 0 Å². The van der Waals surface area contributed by atoms with E-state index in [2.05, 4.69) is 4.98 Å².